The molecule has 1 atom stereocenters. The fourth-order valence-electron chi connectivity index (χ4n) is 3.25. The summed E-state index contributed by atoms with van der Waals surface area (Å²) < 4.78 is 43.4. The van der Waals surface area contributed by atoms with Gasteiger partial charge >= 0.3 is 0 Å². The number of rotatable bonds is 16. The van der Waals surface area contributed by atoms with Crippen LogP contribution in [0.15, 0.2) is 48.5 Å². The van der Waals surface area contributed by atoms with Crippen LogP contribution in [-0.2, 0) is 21.2 Å². The number of hydrogen-bond donors (Lipinski definition) is 4. The molecular formula is C25H35FN2O5S. The molecular weight excluding hydrogens is 459 g/mol. The first kappa shape index (κ1) is 27.8. The van der Waals surface area contributed by atoms with E-state index in [1.807, 2.05) is 12.2 Å². The zero-order valence-electron chi connectivity index (χ0n) is 19.5. The molecule has 0 bridgehead atoms. The highest BCUT2D eigenvalue weighted by Crippen LogP contribution is 2.25. The molecule has 0 aliphatic rings. The van der Waals surface area contributed by atoms with Gasteiger partial charge in [-0.2, -0.15) is 0 Å². The lowest BCUT2D eigenvalue weighted by molar-refractivity contribution is 0.0793. The molecule has 7 nitrogen and oxygen atoms in total. The maximum atomic E-state index is 12.8. The van der Waals surface area contributed by atoms with E-state index >= 15 is 0 Å². The summed E-state index contributed by atoms with van der Waals surface area (Å²) in [7, 11) is -3.45. The van der Waals surface area contributed by atoms with Crippen molar-refractivity contribution in [3.8, 4) is 5.75 Å². The van der Waals surface area contributed by atoms with Gasteiger partial charge < -0.3 is 20.3 Å². The third-order valence-electron chi connectivity index (χ3n) is 5.04. The van der Waals surface area contributed by atoms with Gasteiger partial charge in [-0.05, 0) is 80.6 Å². The fourth-order valence-corrected chi connectivity index (χ4v) is 3.81. The molecule has 0 aliphatic heterocycles. The summed E-state index contributed by atoms with van der Waals surface area (Å²) in [6.45, 7) is 2.54. The molecule has 0 aliphatic carbocycles. The predicted octanol–water partition coefficient (Wildman–Crippen LogP) is 3.69. The lowest BCUT2D eigenvalue weighted by atomic mass is 10.1. The van der Waals surface area contributed by atoms with E-state index in [1.54, 1.807) is 24.3 Å². The molecule has 0 spiro atoms. The second-order valence-corrected chi connectivity index (χ2v) is 9.91. The van der Waals surface area contributed by atoms with Crippen molar-refractivity contribution >= 4 is 21.8 Å². The van der Waals surface area contributed by atoms with Crippen LogP contribution in [0.2, 0.25) is 0 Å². The Bertz CT molecular complexity index is 997. The van der Waals surface area contributed by atoms with Gasteiger partial charge in [-0.15, -0.1) is 0 Å². The Morgan fingerprint density at radius 3 is 2.59 bits per heavy atom. The van der Waals surface area contributed by atoms with Crippen molar-refractivity contribution in [1.82, 2.24) is 5.32 Å². The van der Waals surface area contributed by atoms with Crippen molar-refractivity contribution in [2.45, 2.75) is 38.2 Å². The van der Waals surface area contributed by atoms with Crippen molar-refractivity contribution in [2.24, 2.45) is 0 Å². The molecule has 9 heteroatoms. The van der Waals surface area contributed by atoms with Crippen LogP contribution < -0.4 is 10.0 Å². The van der Waals surface area contributed by atoms with Crippen LogP contribution in [-0.4, -0.2) is 57.3 Å². The van der Waals surface area contributed by atoms with Crippen LogP contribution in [0.1, 0.15) is 36.8 Å². The van der Waals surface area contributed by atoms with Crippen LogP contribution in [0.5, 0.6) is 5.75 Å². The number of aromatic hydroxyl groups is 1. The van der Waals surface area contributed by atoms with Crippen molar-refractivity contribution in [1.29, 1.82) is 0 Å². The molecule has 4 N–H and O–H groups in total. The number of ether oxygens (including phenoxy) is 1. The third-order valence-corrected chi connectivity index (χ3v) is 5.63. The molecule has 0 saturated carbocycles. The number of benzene rings is 2. The van der Waals surface area contributed by atoms with Gasteiger partial charge in [0, 0.05) is 6.61 Å². The molecule has 0 radical (unpaired) electrons. The van der Waals surface area contributed by atoms with Crippen molar-refractivity contribution in [3.05, 3.63) is 65.5 Å². The summed E-state index contributed by atoms with van der Waals surface area (Å²) in [4.78, 5) is 0. The third kappa shape index (κ3) is 12.1. The quantitative estimate of drug-likeness (QED) is 0.209. The number of halogens is 1. The predicted molar refractivity (Wildman–Crippen MR) is 134 cm³/mol. The fraction of sp³-hybridized carbons (Fsp3) is 0.440. The Hall–Kier alpha value is -2.46. The maximum absolute atomic E-state index is 12.8. The van der Waals surface area contributed by atoms with Crippen LogP contribution in [0.3, 0.4) is 0 Å². The summed E-state index contributed by atoms with van der Waals surface area (Å²) in [6.07, 6.45) is 8.09. The Kier molecular flexibility index (Phi) is 12.0. The molecule has 0 saturated heterocycles. The molecule has 188 valence electrons. The van der Waals surface area contributed by atoms with E-state index in [2.05, 4.69) is 10.0 Å². The maximum Gasteiger partial charge on any atom is 0.229 e. The molecule has 1 unspecified atom stereocenters. The largest absolute Gasteiger partial charge is 0.506 e. The highest BCUT2D eigenvalue weighted by atomic mass is 32.2. The molecule has 0 amide bonds. The van der Waals surface area contributed by atoms with Crippen molar-refractivity contribution in [2.75, 3.05) is 37.3 Å². The number of sulfonamides is 1. The highest BCUT2D eigenvalue weighted by Gasteiger charge is 2.08. The lowest BCUT2D eigenvalue weighted by Crippen LogP contribution is -2.20. The minimum absolute atomic E-state index is 0.110. The Morgan fingerprint density at radius 1 is 1.09 bits per heavy atom. The van der Waals surface area contributed by atoms with E-state index in [0.29, 0.717) is 39.0 Å². The van der Waals surface area contributed by atoms with Gasteiger partial charge in [0.1, 0.15) is 11.6 Å². The van der Waals surface area contributed by atoms with E-state index in [-0.39, 0.29) is 17.3 Å². The summed E-state index contributed by atoms with van der Waals surface area (Å²) in [5.74, 6) is -0.356. The zero-order chi connectivity index (χ0) is 24.8. The molecule has 2 rings (SSSR count). The smallest absolute Gasteiger partial charge is 0.229 e. The van der Waals surface area contributed by atoms with E-state index < -0.39 is 16.1 Å². The van der Waals surface area contributed by atoms with Crippen LogP contribution in [0, 0.1) is 5.82 Å². The average Bonchev–Trinajstić information content (AvgIpc) is 2.78. The van der Waals surface area contributed by atoms with Gasteiger partial charge in [0.25, 0.3) is 0 Å². The summed E-state index contributed by atoms with van der Waals surface area (Å²) in [5, 5.41) is 23.2. The van der Waals surface area contributed by atoms with Crippen LogP contribution in [0.25, 0.3) is 6.08 Å². The Balaban J connectivity index is 1.49. The first-order valence-corrected chi connectivity index (χ1v) is 13.3. The average molecular weight is 495 g/mol. The topological polar surface area (TPSA) is 108 Å². The van der Waals surface area contributed by atoms with Gasteiger partial charge in [0.15, 0.2) is 0 Å². The Labute approximate surface area is 201 Å². The van der Waals surface area contributed by atoms with Gasteiger partial charge in [-0.3, -0.25) is 4.72 Å². The van der Waals surface area contributed by atoms with E-state index in [1.165, 1.54) is 18.2 Å². The summed E-state index contributed by atoms with van der Waals surface area (Å²) in [6, 6.07) is 11.2. The number of phenols is 1. The zero-order valence-corrected chi connectivity index (χ0v) is 20.4. The van der Waals surface area contributed by atoms with Gasteiger partial charge in [-0.1, -0.05) is 30.4 Å². The molecule has 0 heterocycles. The number of anilines is 1. The minimum Gasteiger partial charge on any atom is -0.506 e. The number of hydrogen-bond acceptors (Lipinski definition) is 6. The van der Waals surface area contributed by atoms with Crippen LogP contribution >= 0.6 is 0 Å². The number of aliphatic hydroxyl groups excluding tert-OH is 1. The summed E-state index contributed by atoms with van der Waals surface area (Å²) >= 11 is 0. The summed E-state index contributed by atoms with van der Waals surface area (Å²) in [5.41, 5.74) is 2.03. The monoisotopic (exact) mass is 494 g/mol. The Morgan fingerprint density at radius 2 is 1.85 bits per heavy atom. The molecule has 0 fully saturated rings. The van der Waals surface area contributed by atoms with Crippen LogP contribution in [0.4, 0.5) is 10.1 Å². The van der Waals surface area contributed by atoms with E-state index in [0.717, 1.165) is 36.8 Å². The molecule has 2 aromatic rings. The number of phenolic OH excluding ortho intramolecular Hbond substituents is 1. The lowest BCUT2D eigenvalue weighted by Gasteiger charge is -2.12. The highest BCUT2D eigenvalue weighted by molar-refractivity contribution is 7.92. The number of aliphatic hydroxyl groups is 1. The molecule has 0 aromatic heterocycles. The number of nitrogens with one attached hydrogen (secondary N) is 2. The second-order valence-electron chi connectivity index (χ2n) is 8.17. The van der Waals surface area contributed by atoms with Gasteiger partial charge in [0.2, 0.25) is 10.0 Å². The standard InChI is InChI=1S/C25H35FN2O5S/c1-34(31,32)28-24-19-21(9-12-25(24)30)13-16-27-15-4-6-23(29)14-18-33-17-3-2-5-20-7-10-22(26)11-8-20/h2,5,7-12,19,23,27-30H,3-4,6,13-18H2,1H3/b5-2+. The van der Waals surface area contributed by atoms with Gasteiger partial charge in [-0.25, -0.2) is 12.8 Å². The molecule has 34 heavy (non-hydrogen) atoms. The first-order chi connectivity index (χ1) is 16.2. The molecule has 2 aromatic carbocycles. The first-order valence-electron chi connectivity index (χ1n) is 11.4. The van der Waals surface area contributed by atoms with E-state index in [4.69, 9.17) is 4.74 Å². The SMILES string of the molecule is CS(=O)(=O)Nc1cc(CCNCCCC(O)CCOCC/C=C/c2ccc(F)cc2)ccc1O. The second kappa shape index (κ2) is 14.7. The van der Waals surface area contributed by atoms with Gasteiger partial charge in [0.05, 0.1) is 24.7 Å². The minimum atomic E-state index is -3.45. The normalized spacial score (nSPS) is 12.8. The van der Waals surface area contributed by atoms with Crippen molar-refractivity contribution < 1.29 is 27.8 Å². The van der Waals surface area contributed by atoms with E-state index in [9.17, 15) is 23.0 Å². The van der Waals surface area contributed by atoms with Crippen molar-refractivity contribution in [3.63, 3.8) is 0 Å².